The van der Waals surface area contributed by atoms with Gasteiger partial charge in [0.2, 0.25) is 10.0 Å². The Labute approximate surface area is 102 Å². The molecule has 0 aliphatic carbocycles. The van der Waals surface area contributed by atoms with Crippen LogP contribution < -0.4 is 4.72 Å². The van der Waals surface area contributed by atoms with Gasteiger partial charge in [-0.1, -0.05) is 0 Å². The van der Waals surface area contributed by atoms with Gasteiger partial charge >= 0.3 is 6.18 Å². The van der Waals surface area contributed by atoms with Crippen LogP contribution in [0.1, 0.15) is 12.6 Å². The summed E-state index contributed by atoms with van der Waals surface area (Å²) in [6.45, 7) is 1.95. The van der Waals surface area contributed by atoms with Crippen molar-refractivity contribution in [1.29, 1.82) is 0 Å². The molecule has 0 aromatic carbocycles. The molecule has 0 saturated heterocycles. The van der Waals surface area contributed by atoms with E-state index < -0.39 is 33.0 Å². The smallest absolute Gasteiger partial charge is 0.351 e. The van der Waals surface area contributed by atoms with Gasteiger partial charge in [-0.2, -0.15) is 17.9 Å². The predicted molar refractivity (Wildman–Crippen MR) is 55.9 cm³/mol. The van der Waals surface area contributed by atoms with E-state index in [0.29, 0.717) is 6.92 Å². The number of hydrogen-bond acceptors (Lipinski definition) is 2. The third-order valence-corrected chi connectivity index (χ3v) is 4.16. The molecular formula is C9H12F4N2O2S. The Bertz CT molecular complexity index is 548. The highest BCUT2D eigenvalue weighted by molar-refractivity contribution is 7.89. The van der Waals surface area contributed by atoms with Gasteiger partial charge in [-0.15, -0.1) is 0 Å². The van der Waals surface area contributed by atoms with Crippen LogP contribution in [-0.4, -0.2) is 25.2 Å². The highest BCUT2D eigenvalue weighted by Gasteiger charge is 2.40. The van der Waals surface area contributed by atoms with Gasteiger partial charge in [-0.3, -0.25) is 0 Å². The van der Waals surface area contributed by atoms with E-state index in [4.69, 9.17) is 0 Å². The van der Waals surface area contributed by atoms with Gasteiger partial charge < -0.3 is 4.57 Å². The second-order valence-electron chi connectivity index (χ2n) is 3.89. The zero-order valence-electron chi connectivity index (χ0n) is 9.84. The molecule has 0 aliphatic heterocycles. The number of halogens is 4. The van der Waals surface area contributed by atoms with Crippen LogP contribution in [0.2, 0.25) is 0 Å². The number of alkyl halides is 3. The van der Waals surface area contributed by atoms with E-state index >= 15 is 0 Å². The van der Waals surface area contributed by atoms with E-state index in [1.807, 2.05) is 0 Å². The fourth-order valence-corrected chi connectivity index (χ4v) is 2.90. The fourth-order valence-electron chi connectivity index (χ4n) is 1.34. The summed E-state index contributed by atoms with van der Waals surface area (Å²) in [5, 5.41) is 0. The summed E-state index contributed by atoms with van der Waals surface area (Å²) in [7, 11) is -3.16. The molecule has 4 nitrogen and oxygen atoms in total. The monoisotopic (exact) mass is 288 g/mol. The molecular weight excluding hydrogens is 276 g/mol. The lowest BCUT2D eigenvalue weighted by Gasteiger charge is -2.17. The zero-order chi connectivity index (χ0) is 14.3. The first-order valence-corrected chi connectivity index (χ1v) is 6.35. The second-order valence-corrected chi connectivity index (χ2v) is 5.54. The first kappa shape index (κ1) is 15.0. The Balaban J connectivity index is 3.16. The van der Waals surface area contributed by atoms with Gasteiger partial charge in [0.25, 0.3) is 0 Å². The minimum atomic E-state index is -4.73. The van der Waals surface area contributed by atoms with E-state index in [-0.39, 0.29) is 5.69 Å². The summed E-state index contributed by atoms with van der Waals surface area (Å²) in [5.41, 5.74) is 0.0226. The molecule has 9 heteroatoms. The molecule has 1 N–H and O–H groups in total. The normalized spacial score (nSPS) is 14.8. The lowest BCUT2D eigenvalue weighted by molar-refractivity contribution is -0.147. The number of aromatic nitrogens is 1. The SMILES string of the molecule is Cc1c(S(=O)(=O)N[C@H](C)C(F)(F)F)c(F)cn1C. The van der Waals surface area contributed by atoms with Crippen molar-refractivity contribution in [2.75, 3.05) is 0 Å². The number of nitrogens with zero attached hydrogens (tertiary/aromatic N) is 1. The average Bonchev–Trinajstić information content (AvgIpc) is 2.38. The van der Waals surface area contributed by atoms with Crippen molar-refractivity contribution in [3.63, 3.8) is 0 Å². The number of hydrogen-bond donors (Lipinski definition) is 1. The number of nitrogens with one attached hydrogen (secondary N) is 1. The Morgan fingerprint density at radius 2 is 1.89 bits per heavy atom. The van der Waals surface area contributed by atoms with Gasteiger partial charge in [0, 0.05) is 18.9 Å². The first-order chi connectivity index (χ1) is 7.97. The number of rotatable bonds is 3. The largest absolute Gasteiger partial charge is 0.404 e. The molecule has 0 fully saturated rings. The molecule has 0 saturated carbocycles. The molecule has 18 heavy (non-hydrogen) atoms. The third kappa shape index (κ3) is 2.83. The summed E-state index contributed by atoms with van der Waals surface area (Å²) < 4.78 is 76.2. The molecule has 104 valence electrons. The molecule has 0 bridgehead atoms. The van der Waals surface area contributed by atoms with Crippen molar-refractivity contribution in [1.82, 2.24) is 9.29 Å². The summed E-state index contributed by atoms with van der Waals surface area (Å²) in [5.74, 6) is -1.09. The van der Waals surface area contributed by atoms with Crippen molar-refractivity contribution in [3.8, 4) is 0 Å². The van der Waals surface area contributed by atoms with Crippen LogP contribution in [-0.2, 0) is 17.1 Å². The zero-order valence-corrected chi connectivity index (χ0v) is 10.7. The lowest BCUT2D eigenvalue weighted by atomic mass is 10.4. The van der Waals surface area contributed by atoms with Gasteiger partial charge in [0.1, 0.15) is 10.9 Å². The quantitative estimate of drug-likeness (QED) is 0.861. The molecule has 0 radical (unpaired) electrons. The van der Waals surface area contributed by atoms with E-state index in [1.165, 1.54) is 23.3 Å². The van der Waals surface area contributed by atoms with Crippen LogP contribution in [0.3, 0.4) is 0 Å². The summed E-state index contributed by atoms with van der Waals surface area (Å²) in [6.07, 6.45) is -3.84. The van der Waals surface area contributed by atoms with E-state index in [0.717, 1.165) is 6.20 Å². The lowest BCUT2D eigenvalue weighted by Crippen LogP contribution is -2.43. The maximum Gasteiger partial charge on any atom is 0.404 e. The van der Waals surface area contributed by atoms with E-state index in [2.05, 4.69) is 0 Å². The van der Waals surface area contributed by atoms with Gasteiger partial charge in [-0.05, 0) is 13.8 Å². The highest BCUT2D eigenvalue weighted by atomic mass is 32.2. The average molecular weight is 288 g/mol. The molecule has 0 aliphatic rings. The Morgan fingerprint density at radius 3 is 2.22 bits per heavy atom. The van der Waals surface area contributed by atoms with E-state index in [1.54, 1.807) is 0 Å². The Kier molecular flexibility index (Phi) is 3.78. The maximum atomic E-state index is 13.4. The molecule has 0 amide bonds. The molecule has 1 atom stereocenters. The standard InChI is InChI=1S/C9H12F4N2O2S/c1-5-8(7(10)4-15(5)3)18(16,17)14-6(2)9(11,12)13/h4,6,14H,1-3H3/t6-/m1/s1. The molecule has 0 unspecified atom stereocenters. The van der Waals surface area contributed by atoms with Gasteiger partial charge in [0.15, 0.2) is 5.82 Å². The first-order valence-electron chi connectivity index (χ1n) is 4.87. The van der Waals surface area contributed by atoms with Crippen LogP contribution in [0.25, 0.3) is 0 Å². The van der Waals surface area contributed by atoms with Crippen LogP contribution in [0.5, 0.6) is 0 Å². The summed E-state index contributed by atoms with van der Waals surface area (Å²) >= 11 is 0. The topological polar surface area (TPSA) is 51.1 Å². The minimum Gasteiger partial charge on any atom is -0.351 e. The Morgan fingerprint density at radius 1 is 1.39 bits per heavy atom. The van der Waals surface area contributed by atoms with Crippen molar-refractivity contribution in [2.24, 2.45) is 7.05 Å². The van der Waals surface area contributed by atoms with E-state index in [9.17, 15) is 26.0 Å². The predicted octanol–water partition coefficient (Wildman–Crippen LogP) is 1.70. The molecule has 1 aromatic rings. The van der Waals surface area contributed by atoms with Crippen LogP contribution in [0.4, 0.5) is 17.6 Å². The van der Waals surface area contributed by atoms with Gasteiger partial charge in [0.05, 0.1) is 0 Å². The maximum absolute atomic E-state index is 13.4. The molecule has 0 spiro atoms. The van der Waals surface area contributed by atoms with Crippen LogP contribution in [0.15, 0.2) is 11.1 Å². The van der Waals surface area contributed by atoms with Crippen LogP contribution >= 0.6 is 0 Å². The fraction of sp³-hybridized carbons (Fsp3) is 0.556. The van der Waals surface area contributed by atoms with Crippen molar-refractivity contribution >= 4 is 10.0 Å². The van der Waals surface area contributed by atoms with Crippen molar-refractivity contribution in [2.45, 2.75) is 31.0 Å². The minimum absolute atomic E-state index is 0.0226. The third-order valence-electron chi connectivity index (χ3n) is 2.47. The highest BCUT2D eigenvalue weighted by Crippen LogP contribution is 2.24. The second kappa shape index (κ2) is 4.54. The van der Waals surface area contributed by atoms with Crippen LogP contribution in [0, 0.1) is 12.7 Å². The van der Waals surface area contributed by atoms with Crippen molar-refractivity contribution < 1.29 is 26.0 Å². The number of sulfonamides is 1. The Hall–Kier alpha value is -1.09. The number of aryl methyl sites for hydroxylation is 1. The molecule has 1 heterocycles. The summed E-state index contributed by atoms with van der Waals surface area (Å²) in [4.78, 5) is -0.763. The van der Waals surface area contributed by atoms with Crippen molar-refractivity contribution in [3.05, 3.63) is 17.7 Å². The molecule has 1 rings (SSSR count). The summed E-state index contributed by atoms with van der Waals surface area (Å²) in [6, 6.07) is -2.29. The molecule has 1 aromatic heterocycles. The van der Waals surface area contributed by atoms with Gasteiger partial charge in [-0.25, -0.2) is 12.8 Å².